The molecule has 4 aromatic rings. The van der Waals surface area contributed by atoms with Crippen molar-refractivity contribution in [2.75, 3.05) is 19.1 Å². The van der Waals surface area contributed by atoms with Crippen molar-refractivity contribution in [1.29, 1.82) is 0 Å². The van der Waals surface area contributed by atoms with E-state index in [9.17, 15) is 14.7 Å². The van der Waals surface area contributed by atoms with E-state index in [1.54, 1.807) is 30.3 Å². The number of Topliss-reactive ketones (excluding diaryl/α,β-unsaturated/α-hetero) is 1. The first kappa shape index (κ1) is 24.6. The lowest BCUT2D eigenvalue weighted by Gasteiger charge is -2.27. The zero-order chi connectivity index (χ0) is 26.3. The predicted octanol–water partition coefficient (Wildman–Crippen LogP) is 6.56. The number of carbonyl (C=O) groups excluding carboxylic acids is 2. The van der Waals surface area contributed by atoms with Crippen molar-refractivity contribution in [3.63, 3.8) is 0 Å². The van der Waals surface area contributed by atoms with Crippen LogP contribution in [0.15, 0.2) is 87.0 Å². The predicted molar refractivity (Wildman–Crippen MR) is 143 cm³/mol. The molecule has 0 spiro atoms. The Bertz CT molecular complexity index is 1530. The van der Waals surface area contributed by atoms with Crippen molar-refractivity contribution in [3.8, 4) is 11.5 Å². The molecule has 2 heterocycles. The zero-order valence-corrected chi connectivity index (χ0v) is 22.0. The zero-order valence-electron chi connectivity index (χ0n) is 20.4. The number of aliphatic hydroxyl groups excluding tert-OH is 1. The second-order valence-electron chi connectivity index (χ2n) is 8.63. The standard InChI is InChI=1S/C29H24BrNO6/c1-4-16-5-7-17(8-6-16)26-25(27(32)24-12-18-11-19(30)9-10-23(18)37-24)28(33)29(34)31(26)20-13-21(35-2)15-22(14-20)36-3/h5-15,26,33H,4H2,1-3H3. The van der Waals surface area contributed by atoms with Crippen molar-refractivity contribution in [2.45, 2.75) is 19.4 Å². The minimum atomic E-state index is -0.900. The van der Waals surface area contributed by atoms with Gasteiger partial charge in [0.25, 0.3) is 5.91 Å². The summed E-state index contributed by atoms with van der Waals surface area (Å²) in [5, 5.41) is 11.8. The summed E-state index contributed by atoms with van der Waals surface area (Å²) in [6, 6.07) is 18.7. The van der Waals surface area contributed by atoms with Gasteiger partial charge in [-0.05, 0) is 41.8 Å². The van der Waals surface area contributed by atoms with Crippen molar-refractivity contribution in [1.82, 2.24) is 0 Å². The van der Waals surface area contributed by atoms with Crippen LogP contribution in [0.1, 0.15) is 34.6 Å². The number of fused-ring (bicyclic) bond motifs is 1. The number of furan rings is 1. The lowest BCUT2D eigenvalue weighted by molar-refractivity contribution is -0.117. The summed E-state index contributed by atoms with van der Waals surface area (Å²) in [5.41, 5.74) is 2.64. The molecule has 5 rings (SSSR count). The SMILES string of the molecule is CCc1ccc(C2C(C(=O)c3cc4cc(Br)ccc4o3)=C(O)C(=O)N2c2cc(OC)cc(OC)c2)cc1. The van der Waals surface area contributed by atoms with Crippen LogP contribution in [-0.4, -0.2) is 31.0 Å². The number of carbonyl (C=O) groups is 2. The number of hydrogen-bond donors (Lipinski definition) is 1. The molecule has 1 aliphatic heterocycles. The molecule has 0 aliphatic carbocycles. The quantitative estimate of drug-likeness (QED) is 0.257. The second kappa shape index (κ2) is 9.78. The van der Waals surface area contributed by atoms with E-state index in [2.05, 4.69) is 15.9 Å². The lowest BCUT2D eigenvalue weighted by Crippen LogP contribution is -2.31. The van der Waals surface area contributed by atoms with Crippen LogP contribution in [0.4, 0.5) is 5.69 Å². The van der Waals surface area contributed by atoms with Crippen LogP contribution < -0.4 is 14.4 Å². The third-order valence-corrected chi connectivity index (χ3v) is 6.97. The number of nitrogens with zero attached hydrogens (tertiary/aromatic N) is 1. The Kier molecular flexibility index (Phi) is 6.52. The molecule has 1 atom stereocenters. The van der Waals surface area contributed by atoms with Gasteiger partial charge in [-0.3, -0.25) is 14.5 Å². The number of methoxy groups -OCH3 is 2. The average Bonchev–Trinajstić information content (AvgIpc) is 3.46. The van der Waals surface area contributed by atoms with E-state index in [0.717, 1.165) is 21.8 Å². The highest BCUT2D eigenvalue weighted by molar-refractivity contribution is 9.10. The van der Waals surface area contributed by atoms with E-state index >= 15 is 0 Å². The first-order valence-electron chi connectivity index (χ1n) is 11.7. The molecular weight excluding hydrogens is 538 g/mol. The van der Waals surface area contributed by atoms with Crippen LogP contribution in [0.3, 0.4) is 0 Å². The first-order chi connectivity index (χ1) is 17.8. The van der Waals surface area contributed by atoms with Gasteiger partial charge in [0.05, 0.1) is 31.5 Å². The van der Waals surface area contributed by atoms with Crippen molar-refractivity contribution >= 4 is 44.3 Å². The summed E-state index contributed by atoms with van der Waals surface area (Å²) in [6.45, 7) is 2.05. The smallest absolute Gasteiger partial charge is 0.294 e. The maximum Gasteiger partial charge on any atom is 0.294 e. The Morgan fingerprint density at radius 3 is 2.30 bits per heavy atom. The van der Waals surface area contributed by atoms with Gasteiger partial charge in [0.15, 0.2) is 11.5 Å². The molecule has 37 heavy (non-hydrogen) atoms. The molecule has 0 bridgehead atoms. The molecule has 1 N–H and O–H groups in total. The third-order valence-electron chi connectivity index (χ3n) is 6.47. The Balaban J connectivity index is 1.67. The van der Waals surface area contributed by atoms with Crippen molar-refractivity contribution in [2.24, 2.45) is 0 Å². The van der Waals surface area contributed by atoms with Gasteiger partial charge in [-0.2, -0.15) is 0 Å². The molecule has 0 saturated heterocycles. The van der Waals surface area contributed by atoms with Gasteiger partial charge in [0.1, 0.15) is 17.1 Å². The van der Waals surface area contributed by atoms with E-state index < -0.39 is 23.5 Å². The van der Waals surface area contributed by atoms with E-state index in [4.69, 9.17) is 13.9 Å². The molecule has 188 valence electrons. The van der Waals surface area contributed by atoms with E-state index in [1.807, 2.05) is 43.3 Å². The van der Waals surface area contributed by atoms with Crippen LogP contribution in [0.25, 0.3) is 11.0 Å². The number of ketones is 1. The summed E-state index contributed by atoms with van der Waals surface area (Å²) in [5.74, 6) is -0.948. The van der Waals surface area contributed by atoms with Gasteiger partial charge < -0.3 is 19.0 Å². The average molecular weight is 562 g/mol. The molecule has 1 amide bonds. The number of rotatable bonds is 7. The second-order valence-corrected chi connectivity index (χ2v) is 9.54. The molecule has 8 heteroatoms. The third kappa shape index (κ3) is 4.38. The Morgan fingerprint density at radius 1 is 1.00 bits per heavy atom. The van der Waals surface area contributed by atoms with Crippen LogP contribution in [0.2, 0.25) is 0 Å². The fourth-order valence-electron chi connectivity index (χ4n) is 4.54. The maximum absolute atomic E-state index is 13.8. The number of aryl methyl sites for hydroxylation is 1. The fraction of sp³-hybridized carbons (Fsp3) is 0.172. The Hall–Kier alpha value is -4.04. The highest BCUT2D eigenvalue weighted by atomic mass is 79.9. The van der Waals surface area contributed by atoms with E-state index in [1.165, 1.54) is 19.1 Å². The fourth-order valence-corrected chi connectivity index (χ4v) is 4.92. The molecule has 0 radical (unpaired) electrons. The number of hydrogen-bond acceptors (Lipinski definition) is 6. The largest absolute Gasteiger partial charge is 0.503 e. The number of anilines is 1. The van der Waals surface area contributed by atoms with Crippen LogP contribution in [-0.2, 0) is 11.2 Å². The number of benzene rings is 3. The van der Waals surface area contributed by atoms with Crippen molar-refractivity contribution in [3.05, 3.63) is 99.4 Å². The van der Waals surface area contributed by atoms with E-state index in [-0.39, 0.29) is 11.3 Å². The summed E-state index contributed by atoms with van der Waals surface area (Å²) in [4.78, 5) is 28.7. The lowest BCUT2D eigenvalue weighted by atomic mass is 9.93. The molecule has 7 nitrogen and oxygen atoms in total. The first-order valence-corrected chi connectivity index (χ1v) is 12.5. The molecule has 0 saturated carbocycles. The van der Waals surface area contributed by atoms with Gasteiger partial charge in [-0.15, -0.1) is 0 Å². The van der Waals surface area contributed by atoms with Gasteiger partial charge in [0.2, 0.25) is 5.78 Å². The summed E-state index contributed by atoms with van der Waals surface area (Å²) < 4.78 is 17.5. The van der Waals surface area contributed by atoms with Gasteiger partial charge in [-0.1, -0.05) is 47.1 Å². The maximum atomic E-state index is 13.8. The highest BCUT2D eigenvalue weighted by Crippen LogP contribution is 2.44. The minimum absolute atomic E-state index is 0.0303. The molecule has 1 unspecified atom stereocenters. The van der Waals surface area contributed by atoms with E-state index in [0.29, 0.717) is 28.3 Å². The number of halogens is 1. The summed E-state index contributed by atoms with van der Waals surface area (Å²) >= 11 is 3.42. The number of amides is 1. The number of ether oxygens (including phenoxy) is 2. The summed E-state index contributed by atoms with van der Waals surface area (Å²) in [6.07, 6.45) is 0.835. The molecule has 3 aromatic carbocycles. The normalized spacial score (nSPS) is 15.5. The minimum Gasteiger partial charge on any atom is -0.503 e. The Morgan fingerprint density at radius 2 is 1.68 bits per heavy atom. The van der Waals surface area contributed by atoms with Gasteiger partial charge in [-0.25, -0.2) is 0 Å². The van der Waals surface area contributed by atoms with Gasteiger partial charge in [0, 0.05) is 28.1 Å². The molecule has 0 fully saturated rings. The topological polar surface area (TPSA) is 89.2 Å². The monoisotopic (exact) mass is 561 g/mol. The molecule has 1 aliphatic rings. The number of aliphatic hydroxyl groups is 1. The Labute approximate surface area is 222 Å². The highest BCUT2D eigenvalue weighted by Gasteiger charge is 2.45. The molecule has 1 aromatic heterocycles. The summed E-state index contributed by atoms with van der Waals surface area (Å²) in [7, 11) is 3.02. The van der Waals surface area contributed by atoms with Crippen LogP contribution >= 0.6 is 15.9 Å². The molecular formula is C29H24BrNO6. The van der Waals surface area contributed by atoms with Crippen LogP contribution in [0, 0.1) is 0 Å². The van der Waals surface area contributed by atoms with Gasteiger partial charge >= 0.3 is 0 Å². The van der Waals surface area contributed by atoms with Crippen molar-refractivity contribution < 1.29 is 28.6 Å². The van der Waals surface area contributed by atoms with Crippen LogP contribution in [0.5, 0.6) is 11.5 Å².